The number of nitrogens with zero attached hydrogens (tertiary/aromatic N) is 1. The van der Waals surface area contributed by atoms with Crippen LogP contribution >= 0.6 is 0 Å². The van der Waals surface area contributed by atoms with Crippen molar-refractivity contribution >= 4 is 10.9 Å². The van der Waals surface area contributed by atoms with Crippen molar-refractivity contribution in [3.05, 3.63) is 42.1 Å². The highest BCUT2D eigenvalue weighted by atomic mass is 15.0. The normalized spacial score (nSPS) is 18.5. The van der Waals surface area contributed by atoms with Crippen LogP contribution in [0.1, 0.15) is 50.1 Å². The van der Waals surface area contributed by atoms with Gasteiger partial charge in [0, 0.05) is 30.2 Å². The molecule has 0 spiro atoms. The first-order valence-corrected chi connectivity index (χ1v) is 8.17. The zero-order valence-electron chi connectivity index (χ0n) is 12.6. The van der Waals surface area contributed by atoms with E-state index < -0.39 is 0 Å². The van der Waals surface area contributed by atoms with Crippen molar-refractivity contribution in [2.75, 3.05) is 6.54 Å². The minimum Gasteiger partial charge on any atom is -0.329 e. The van der Waals surface area contributed by atoms with Crippen molar-refractivity contribution in [1.29, 1.82) is 0 Å². The third-order valence-corrected chi connectivity index (χ3v) is 4.56. The second-order valence-corrected chi connectivity index (χ2v) is 6.10. The fourth-order valence-electron chi connectivity index (χ4n) is 3.34. The van der Waals surface area contributed by atoms with E-state index in [2.05, 4.69) is 34.6 Å². The number of aromatic nitrogens is 1. The predicted octanol–water partition coefficient (Wildman–Crippen LogP) is 3.55. The molecule has 3 N–H and O–H groups in total. The van der Waals surface area contributed by atoms with Crippen molar-refractivity contribution in [3.63, 3.8) is 0 Å². The summed E-state index contributed by atoms with van der Waals surface area (Å²) in [5.41, 5.74) is 8.35. The SMILES string of the molecule is NCC(NC1CCCCCC1)c1ccc2ncccc2c1. The second kappa shape index (κ2) is 7.01. The van der Waals surface area contributed by atoms with E-state index in [4.69, 9.17) is 5.73 Å². The molecule has 1 aliphatic carbocycles. The topological polar surface area (TPSA) is 50.9 Å². The molecule has 3 rings (SSSR count). The van der Waals surface area contributed by atoms with Gasteiger partial charge in [0.1, 0.15) is 0 Å². The van der Waals surface area contributed by atoms with Gasteiger partial charge in [0.2, 0.25) is 0 Å². The highest BCUT2D eigenvalue weighted by Gasteiger charge is 2.17. The summed E-state index contributed by atoms with van der Waals surface area (Å²) in [5.74, 6) is 0. The van der Waals surface area contributed by atoms with Gasteiger partial charge < -0.3 is 11.1 Å². The zero-order chi connectivity index (χ0) is 14.5. The third-order valence-electron chi connectivity index (χ3n) is 4.56. The Morgan fingerprint density at radius 2 is 1.95 bits per heavy atom. The quantitative estimate of drug-likeness (QED) is 0.844. The number of hydrogen-bond acceptors (Lipinski definition) is 3. The molecule has 1 heterocycles. The summed E-state index contributed by atoms with van der Waals surface area (Å²) in [5, 5.41) is 4.97. The van der Waals surface area contributed by atoms with Crippen molar-refractivity contribution in [2.45, 2.75) is 50.6 Å². The lowest BCUT2D eigenvalue weighted by Crippen LogP contribution is -2.36. The maximum absolute atomic E-state index is 6.03. The first kappa shape index (κ1) is 14.5. The fraction of sp³-hybridized carbons (Fsp3) is 0.500. The zero-order valence-corrected chi connectivity index (χ0v) is 12.6. The smallest absolute Gasteiger partial charge is 0.0702 e. The summed E-state index contributed by atoms with van der Waals surface area (Å²) in [6.07, 6.45) is 9.86. The maximum Gasteiger partial charge on any atom is 0.0702 e. The van der Waals surface area contributed by atoms with E-state index >= 15 is 0 Å². The highest BCUT2D eigenvalue weighted by molar-refractivity contribution is 5.79. The molecule has 1 saturated carbocycles. The van der Waals surface area contributed by atoms with Gasteiger partial charge in [0.25, 0.3) is 0 Å². The molecule has 1 fully saturated rings. The van der Waals surface area contributed by atoms with Gasteiger partial charge >= 0.3 is 0 Å². The van der Waals surface area contributed by atoms with Crippen LogP contribution in [0.5, 0.6) is 0 Å². The summed E-state index contributed by atoms with van der Waals surface area (Å²) in [6, 6.07) is 11.5. The Morgan fingerprint density at radius 1 is 1.14 bits per heavy atom. The van der Waals surface area contributed by atoms with Crippen LogP contribution in [-0.2, 0) is 0 Å². The Morgan fingerprint density at radius 3 is 2.71 bits per heavy atom. The molecule has 0 amide bonds. The fourth-order valence-corrected chi connectivity index (χ4v) is 3.34. The molecule has 2 aromatic rings. The van der Waals surface area contributed by atoms with Gasteiger partial charge in [-0.25, -0.2) is 0 Å². The molecule has 1 aromatic heterocycles. The van der Waals surface area contributed by atoms with Crippen LogP contribution in [0.4, 0.5) is 0 Å². The Balaban J connectivity index is 1.77. The summed E-state index contributed by atoms with van der Waals surface area (Å²) in [4.78, 5) is 4.38. The molecular formula is C18H25N3. The lowest BCUT2D eigenvalue weighted by Gasteiger charge is -2.24. The molecule has 1 aliphatic rings. The van der Waals surface area contributed by atoms with E-state index in [9.17, 15) is 0 Å². The Kier molecular flexibility index (Phi) is 4.84. The number of rotatable bonds is 4. The molecule has 0 aliphatic heterocycles. The van der Waals surface area contributed by atoms with Gasteiger partial charge in [-0.15, -0.1) is 0 Å². The number of pyridine rings is 1. The van der Waals surface area contributed by atoms with E-state index in [-0.39, 0.29) is 6.04 Å². The number of nitrogens with one attached hydrogen (secondary N) is 1. The maximum atomic E-state index is 6.03. The van der Waals surface area contributed by atoms with Crippen LogP contribution in [0.15, 0.2) is 36.5 Å². The number of fused-ring (bicyclic) bond motifs is 1. The molecule has 3 nitrogen and oxygen atoms in total. The van der Waals surface area contributed by atoms with Crippen LogP contribution < -0.4 is 11.1 Å². The van der Waals surface area contributed by atoms with Gasteiger partial charge in [-0.1, -0.05) is 37.8 Å². The largest absolute Gasteiger partial charge is 0.329 e. The van der Waals surface area contributed by atoms with E-state index in [0.717, 1.165) is 5.52 Å². The lowest BCUT2D eigenvalue weighted by atomic mass is 10.0. The van der Waals surface area contributed by atoms with Crippen LogP contribution in [-0.4, -0.2) is 17.6 Å². The lowest BCUT2D eigenvalue weighted by molar-refractivity contribution is 0.402. The van der Waals surface area contributed by atoms with Gasteiger partial charge in [0.05, 0.1) is 5.52 Å². The van der Waals surface area contributed by atoms with E-state index in [1.807, 2.05) is 12.3 Å². The Labute approximate surface area is 127 Å². The predicted molar refractivity (Wildman–Crippen MR) is 88.2 cm³/mol. The Hall–Kier alpha value is -1.45. The molecule has 21 heavy (non-hydrogen) atoms. The minimum atomic E-state index is 0.248. The van der Waals surface area contributed by atoms with Crippen LogP contribution in [0, 0.1) is 0 Å². The minimum absolute atomic E-state index is 0.248. The van der Waals surface area contributed by atoms with E-state index in [1.165, 1.54) is 49.5 Å². The van der Waals surface area contributed by atoms with Crippen molar-refractivity contribution < 1.29 is 0 Å². The molecule has 0 bridgehead atoms. The van der Waals surface area contributed by atoms with Gasteiger partial charge in [0.15, 0.2) is 0 Å². The number of nitrogens with two attached hydrogens (primary N) is 1. The van der Waals surface area contributed by atoms with Gasteiger partial charge in [-0.05, 0) is 36.6 Å². The standard InChI is InChI=1S/C18H25N3/c19-13-18(21-16-7-3-1-2-4-8-16)15-9-10-17-14(12-15)6-5-11-20-17/h5-6,9-12,16,18,21H,1-4,7-8,13,19H2. The summed E-state index contributed by atoms with van der Waals surface area (Å²) < 4.78 is 0. The second-order valence-electron chi connectivity index (χ2n) is 6.10. The van der Waals surface area contributed by atoms with Crippen molar-refractivity contribution in [1.82, 2.24) is 10.3 Å². The summed E-state index contributed by atoms with van der Waals surface area (Å²) in [7, 11) is 0. The molecule has 112 valence electrons. The van der Waals surface area contributed by atoms with Gasteiger partial charge in [-0.2, -0.15) is 0 Å². The molecule has 1 aromatic carbocycles. The van der Waals surface area contributed by atoms with Gasteiger partial charge in [-0.3, -0.25) is 4.98 Å². The number of benzene rings is 1. The van der Waals surface area contributed by atoms with Crippen LogP contribution in [0.25, 0.3) is 10.9 Å². The monoisotopic (exact) mass is 283 g/mol. The summed E-state index contributed by atoms with van der Waals surface area (Å²) >= 11 is 0. The average Bonchev–Trinajstić information content (AvgIpc) is 2.81. The van der Waals surface area contributed by atoms with Crippen LogP contribution in [0.3, 0.4) is 0 Å². The molecule has 0 radical (unpaired) electrons. The summed E-state index contributed by atoms with van der Waals surface area (Å²) in [6.45, 7) is 0.641. The van der Waals surface area contributed by atoms with Crippen molar-refractivity contribution in [3.8, 4) is 0 Å². The average molecular weight is 283 g/mol. The molecular weight excluding hydrogens is 258 g/mol. The van der Waals surface area contributed by atoms with Crippen molar-refractivity contribution in [2.24, 2.45) is 5.73 Å². The molecule has 1 unspecified atom stereocenters. The van der Waals surface area contributed by atoms with Crippen LogP contribution in [0.2, 0.25) is 0 Å². The number of hydrogen-bond donors (Lipinski definition) is 2. The highest BCUT2D eigenvalue weighted by Crippen LogP contribution is 2.23. The van der Waals surface area contributed by atoms with E-state index in [1.54, 1.807) is 0 Å². The molecule has 0 saturated heterocycles. The molecule has 3 heteroatoms. The Bertz CT molecular complexity index is 573. The van der Waals surface area contributed by atoms with E-state index in [0.29, 0.717) is 12.6 Å². The third kappa shape index (κ3) is 3.60. The molecule has 1 atom stereocenters. The first-order valence-electron chi connectivity index (χ1n) is 8.17. The first-order chi connectivity index (χ1) is 10.4.